The molecule has 1 aliphatic rings. The molecule has 1 N–H and O–H groups in total. The van der Waals surface area contributed by atoms with Gasteiger partial charge < -0.3 is 23.9 Å². The number of hydrogen-bond donors (Lipinski definition) is 1. The van der Waals surface area contributed by atoms with E-state index in [9.17, 15) is 4.79 Å². The fourth-order valence-electron chi connectivity index (χ4n) is 3.20. The number of nitrogens with zero attached hydrogens (tertiary/aromatic N) is 4. The van der Waals surface area contributed by atoms with Crippen molar-refractivity contribution in [2.45, 2.75) is 12.1 Å². The predicted octanol–water partition coefficient (Wildman–Crippen LogP) is 2.95. The van der Waals surface area contributed by atoms with Gasteiger partial charge in [-0.25, -0.2) is 0 Å². The number of morpholine rings is 1. The van der Waals surface area contributed by atoms with Crippen LogP contribution in [-0.4, -0.2) is 52.7 Å². The van der Waals surface area contributed by atoms with E-state index in [1.807, 2.05) is 48.9 Å². The van der Waals surface area contributed by atoms with Crippen molar-refractivity contribution >= 4 is 29.0 Å². The molecular weight excluding hydrogens is 390 g/mol. The average Bonchev–Trinajstić information content (AvgIpc) is 3.32. The molecule has 2 aromatic heterocycles. The lowest BCUT2D eigenvalue weighted by atomic mass is 10.2. The van der Waals surface area contributed by atoms with Crippen molar-refractivity contribution in [2.24, 2.45) is 7.05 Å². The summed E-state index contributed by atoms with van der Waals surface area (Å²) < 4.78 is 12.6. The van der Waals surface area contributed by atoms with Gasteiger partial charge in [0, 0.05) is 31.5 Å². The molecule has 3 heterocycles. The summed E-state index contributed by atoms with van der Waals surface area (Å²) in [5, 5.41) is 12.0. The van der Waals surface area contributed by atoms with Crippen LogP contribution in [0.5, 0.6) is 0 Å². The summed E-state index contributed by atoms with van der Waals surface area (Å²) in [5.74, 6) is 1.67. The molecule has 0 spiro atoms. The molecule has 1 saturated heterocycles. The number of furan rings is 1. The number of thioether (sulfide) groups is 1. The molecule has 0 aliphatic carbocycles. The number of aromatic nitrogens is 3. The summed E-state index contributed by atoms with van der Waals surface area (Å²) in [4.78, 5) is 14.6. The Morgan fingerprint density at radius 2 is 1.93 bits per heavy atom. The van der Waals surface area contributed by atoms with Crippen LogP contribution in [0.1, 0.15) is 5.76 Å². The van der Waals surface area contributed by atoms with Crippen molar-refractivity contribution in [3.05, 3.63) is 42.4 Å². The number of hydrogen-bond acceptors (Lipinski definition) is 7. The van der Waals surface area contributed by atoms with Crippen molar-refractivity contribution in [1.82, 2.24) is 14.8 Å². The first-order chi connectivity index (χ1) is 14.1. The quantitative estimate of drug-likeness (QED) is 0.622. The van der Waals surface area contributed by atoms with E-state index in [0.717, 1.165) is 54.8 Å². The Kier molecular flexibility index (Phi) is 5.86. The smallest absolute Gasteiger partial charge is 0.234 e. The van der Waals surface area contributed by atoms with Crippen LogP contribution in [0.15, 0.2) is 46.2 Å². The van der Waals surface area contributed by atoms with Crippen LogP contribution in [0.2, 0.25) is 0 Å². The third-order valence-corrected chi connectivity index (χ3v) is 5.81. The van der Waals surface area contributed by atoms with E-state index in [2.05, 4.69) is 20.4 Å². The summed E-state index contributed by atoms with van der Waals surface area (Å²) in [7, 11) is 1.88. The van der Waals surface area contributed by atoms with Crippen LogP contribution in [0.25, 0.3) is 11.4 Å². The third kappa shape index (κ3) is 4.46. The molecule has 0 radical (unpaired) electrons. The lowest BCUT2D eigenvalue weighted by Gasteiger charge is -2.28. The Balaban J connectivity index is 1.32. The molecule has 4 rings (SSSR count). The Hall–Kier alpha value is -2.78. The predicted molar refractivity (Wildman–Crippen MR) is 112 cm³/mol. The van der Waals surface area contributed by atoms with Gasteiger partial charge in [-0.05, 0) is 37.3 Å². The van der Waals surface area contributed by atoms with Gasteiger partial charge in [-0.1, -0.05) is 11.8 Å². The van der Waals surface area contributed by atoms with Crippen LogP contribution in [0.4, 0.5) is 11.4 Å². The van der Waals surface area contributed by atoms with Crippen molar-refractivity contribution in [1.29, 1.82) is 0 Å². The van der Waals surface area contributed by atoms with Gasteiger partial charge in [-0.2, -0.15) is 0 Å². The second kappa shape index (κ2) is 8.71. The van der Waals surface area contributed by atoms with Gasteiger partial charge in [0.05, 0.1) is 30.8 Å². The van der Waals surface area contributed by atoms with Gasteiger partial charge in [0.1, 0.15) is 5.76 Å². The fourth-order valence-corrected chi connectivity index (χ4v) is 3.91. The largest absolute Gasteiger partial charge is 0.469 e. The minimum absolute atomic E-state index is 0.0850. The van der Waals surface area contributed by atoms with E-state index in [-0.39, 0.29) is 11.7 Å². The van der Waals surface area contributed by atoms with E-state index in [0.29, 0.717) is 5.16 Å². The highest BCUT2D eigenvalue weighted by atomic mass is 32.2. The average molecular weight is 414 g/mol. The SMILES string of the molecule is Cc1occc1-c1nnc(SCC(=O)Nc2ccc(N3CCOCC3)cc2)n1C. The summed E-state index contributed by atoms with van der Waals surface area (Å²) in [6.45, 7) is 5.16. The van der Waals surface area contributed by atoms with E-state index in [1.165, 1.54) is 11.8 Å². The van der Waals surface area contributed by atoms with Crippen molar-refractivity contribution in [2.75, 3.05) is 42.3 Å². The van der Waals surface area contributed by atoms with Gasteiger partial charge in [0.15, 0.2) is 11.0 Å². The third-order valence-electron chi connectivity index (χ3n) is 4.79. The molecule has 1 fully saturated rings. The summed E-state index contributed by atoms with van der Waals surface area (Å²) in [6, 6.07) is 9.76. The highest BCUT2D eigenvalue weighted by molar-refractivity contribution is 7.99. The molecule has 0 bridgehead atoms. The van der Waals surface area contributed by atoms with Crippen molar-refractivity contribution in [3.63, 3.8) is 0 Å². The van der Waals surface area contributed by atoms with Gasteiger partial charge in [0.2, 0.25) is 5.91 Å². The van der Waals surface area contributed by atoms with E-state index in [4.69, 9.17) is 9.15 Å². The van der Waals surface area contributed by atoms with Gasteiger partial charge in [0.25, 0.3) is 0 Å². The number of anilines is 2. The van der Waals surface area contributed by atoms with Crippen LogP contribution < -0.4 is 10.2 Å². The molecule has 1 aliphatic heterocycles. The van der Waals surface area contributed by atoms with Crippen LogP contribution in [0.3, 0.4) is 0 Å². The summed E-state index contributed by atoms with van der Waals surface area (Å²) in [5.41, 5.74) is 2.82. The van der Waals surface area contributed by atoms with E-state index >= 15 is 0 Å². The van der Waals surface area contributed by atoms with Crippen molar-refractivity contribution in [3.8, 4) is 11.4 Å². The number of aryl methyl sites for hydroxylation is 1. The number of rotatable bonds is 6. The number of amides is 1. The number of ether oxygens (including phenoxy) is 1. The van der Waals surface area contributed by atoms with E-state index in [1.54, 1.807) is 6.26 Å². The highest BCUT2D eigenvalue weighted by Crippen LogP contribution is 2.26. The molecule has 0 unspecified atom stereocenters. The Morgan fingerprint density at radius 1 is 1.17 bits per heavy atom. The summed E-state index contributed by atoms with van der Waals surface area (Å²) in [6.07, 6.45) is 1.63. The number of benzene rings is 1. The summed E-state index contributed by atoms with van der Waals surface area (Å²) >= 11 is 1.35. The monoisotopic (exact) mass is 413 g/mol. The standard InChI is InChI=1S/C20H23N5O3S/c1-14-17(7-10-28-14)19-22-23-20(24(19)2)29-13-18(26)21-15-3-5-16(6-4-15)25-8-11-27-12-9-25/h3-7,10H,8-9,11-13H2,1-2H3,(H,21,26). The zero-order valence-electron chi connectivity index (χ0n) is 16.4. The molecule has 29 heavy (non-hydrogen) atoms. The first-order valence-corrected chi connectivity index (χ1v) is 10.4. The van der Waals surface area contributed by atoms with Crippen LogP contribution >= 0.6 is 11.8 Å². The molecule has 1 amide bonds. The van der Waals surface area contributed by atoms with Crippen molar-refractivity contribution < 1.29 is 13.9 Å². The van der Waals surface area contributed by atoms with Gasteiger partial charge in [-0.15, -0.1) is 10.2 Å². The fraction of sp³-hybridized carbons (Fsp3) is 0.350. The maximum Gasteiger partial charge on any atom is 0.234 e. The molecule has 1 aromatic carbocycles. The number of carbonyl (C=O) groups excluding carboxylic acids is 1. The number of nitrogens with one attached hydrogen (secondary N) is 1. The topological polar surface area (TPSA) is 85.4 Å². The van der Waals surface area contributed by atoms with E-state index < -0.39 is 0 Å². The number of carbonyl (C=O) groups is 1. The molecular formula is C20H23N5O3S. The zero-order chi connectivity index (χ0) is 20.2. The normalized spacial score (nSPS) is 14.2. The first-order valence-electron chi connectivity index (χ1n) is 9.41. The zero-order valence-corrected chi connectivity index (χ0v) is 17.2. The van der Waals surface area contributed by atoms with Crippen LogP contribution in [-0.2, 0) is 16.6 Å². The molecule has 8 nitrogen and oxygen atoms in total. The lowest BCUT2D eigenvalue weighted by molar-refractivity contribution is -0.113. The lowest BCUT2D eigenvalue weighted by Crippen LogP contribution is -2.36. The Bertz CT molecular complexity index is 976. The molecule has 0 saturated carbocycles. The highest BCUT2D eigenvalue weighted by Gasteiger charge is 2.16. The molecule has 9 heteroatoms. The first kappa shape index (κ1) is 19.5. The van der Waals surface area contributed by atoms with Gasteiger partial charge in [-0.3, -0.25) is 4.79 Å². The molecule has 3 aromatic rings. The minimum atomic E-state index is -0.0850. The minimum Gasteiger partial charge on any atom is -0.469 e. The molecule has 152 valence electrons. The second-order valence-electron chi connectivity index (χ2n) is 6.74. The maximum atomic E-state index is 12.3. The Labute approximate surface area is 173 Å². The van der Waals surface area contributed by atoms with Crippen LogP contribution in [0, 0.1) is 6.92 Å². The Morgan fingerprint density at radius 3 is 2.62 bits per heavy atom. The molecule has 0 atom stereocenters. The second-order valence-corrected chi connectivity index (χ2v) is 7.68. The van der Waals surface area contributed by atoms with Gasteiger partial charge >= 0.3 is 0 Å². The maximum absolute atomic E-state index is 12.3.